The molecule has 0 spiro atoms. The molecule has 0 fully saturated rings. The van der Waals surface area contributed by atoms with E-state index in [2.05, 4.69) is 31.9 Å². The van der Waals surface area contributed by atoms with Crippen LogP contribution < -0.4 is 10.6 Å². The summed E-state index contributed by atoms with van der Waals surface area (Å²) in [5.74, 6) is 0.758. The Balaban J connectivity index is 1.80. The van der Waals surface area contributed by atoms with Crippen LogP contribution in [-0.4, -0.2) is 15.2 Å². The molecular weight excluding hydrogens is 347 g/mol. The van der Waals surface area contributed by atoms with Gasteiger partial charge in [0.1, 0.15) is 0 Å². The van der Waals surface area contributed by atoms with E-state index in [0.717, 1.165) is 5.69 Å². The first-order valence-corrected chi connectivity index (χ1v) is 7.58. The quantitative estimate of drug-likeness (QED) is 0.713. The van der Waals surface area contributed by atoms with Crippen LogP contribution in [0.25, 0.3) is 0 Å². The largest absolute Gasteiger partial charge is 0.339 e. The Hall–Kier alpha value is -2.88. The summed E-state index contributed by atoms with van der Waals surface area (Å²) in [5.41, 5.74) is 1.89. The molecule has 0 amide bonds. The van der Waals surface area contributed by atoms with Crippen molar-refractivity contribution in [3.63, 3.8) is 0 Å². The standard InChI is InChI=1S/C16H10Cl2N6/c17-11-4-5-14(13(18)7-11)22-16-23-15(9-20-24-16)21-12-3-1-2-10(6-12)8-19/h1-7,9H,(H2,21,22,23,24). The molecule has 0 saturated heterocycles. The van der Waals surface area contributed by atoms with Crippen LogP contribution in [-0.2, 0) is 0 Å². The molecule has 6 nitrogen and oxygen atoms in total. The Bertz CT molecular complexity index is 922. The van der Waals surface area contributed by atoms with E-state index in [0.29, 0.717) is 27.1 Å². The SMILES string of the molecule is N#Cc1cccc(Nc2cnnc(Nc3ccc(Cl)cc3Cl)n2)c1. The lowest BCUT2D eigenvalue weighted by Gasteiger charge is -2.09. The Kier molecular flexibility index (Phi) is 4.75. The van der Waals surface area contributed by atoms with Gasteiger partial charge in [-0.2, -0.15) is 15.3 Å². The summed E-state index contributed by atoms with van der Waals surface area (Å²) in [6, 6.07) is 14.2. The van der Waals surface area contributed by atoms with E-state index in [1.54, 1.807) is 36.4 Å². The van der Waals surface area contributed by atoms with Crippen molar-refractivity contribution in [2.45, 2.75) is 0 Å². The van der Waals surface area contributed by atoms with Gasteiger partial charge in [-0.1, -0.05) is 29.3 Å². The first-order chi connectivity index (χ1) is 11.6. The summed E-state index contributed by atoms with van der Waals surface area (Å²) < 4.78 is 0. The first kappa shape index (κ1) is 16.0. The number of hydrogen-bond acceptors (Lipinski definition) is 6. The summed E-state index contributed by atoms with van der Waals surface area (Å²) in [6.45, 7) is 0. The lowest BCUT2D eigenvalue weighted by molar-refractivity contribution is 0.982. The van der Waals surface area contributed by atoms with Gasteiger partial charge in [-0.3, -0.25) is 0 Å². The fourth-order valence-corrected chi connectivity index (χ4v) is 2.40. The third kappa shape index (κ3) is 3.90. The molecule has 0 radical (unpaired) electrons. The van der Waals surface area contributed by atoms with Crippen LogP contribution in [0.3, 0.4) is 0 Å². The number of nitriles is 1. The lowest BCUT2D eigenvalue weighted by Crippen LogP contribution is -2.02. The van der Waals surface area contributed by atoms with Gasteiger partial charge in [-0.25, -0.2) is 0 Å². The minimum absolute atomic E-state index is 0.278. The zero-order valence-corrected chi connectivity index (χ0v) is 13.7. The second kappa shape index (κ2) is 7.13. The van der Waals surface area contributed by atoms with Crippen LogP contribution in [0.5, 0.6) is 0 Å². The summed E-state index contributed by atoms with van der Waals surface area (Å²) in [6.07, 6.45) is 1.48. The molecule has 0 saturated carbocycles. The number of halogens is 2. The van der Waals surface area contributed by atoms with Crippen molar-refractivity contribution >= 4 is 46.3 Å². The molecule has 1 heterocycles. The van der Waals surface area contributed by atoms with Crippen LogP contribution in [0.15, 0.2) is 48.7 Å². The monoisotopic (exact) mass is 356 g/mol. The molecule has 0 aliphatic heterocycles. The molecule has 0 atom stereocenters. The molecule has 2 N–H and O–H groups in total. The number of rotatable bonds is 4. The summed E-state index contributed by atoms with van der Waals surface area (Å²) >= 11 is 12.0. The number of aromatic nitrogens is 3. The molecule has 2 aromatic carbocycles. The maximum absolute atomic E-state index is 8.93. The van der Waals surface area contributed by atoms with E-state index in [1.807, 2.05) is 6.07 Å². The van der Waals surface area contributed by atoms with E-state index in [9.17, 15) is 0 Å². The molecule has 3 rings (SSSR count). The smallest absolute Gasteiger partial charge is 0.249 e. The normalized spacial score (nSPS) is 10.0. The van der Waals surface area contributed by atoms with Crippen molar-refractivity contribution in [1.82, 2.24) is 15.2 Å². The zero-order chi connectivity index (χ0) is 16.9. The molecular formula is C16H10Cl2N6. The third-order valence-corrected chi connectivity index (χ3v) is 3.55. The molecule has 0 aliphatic carbocycles. The van der Waals surface area contributed by atoms with Gasteiger partial charge in [0.05, 0.1) is 28.5 Å². The topological polar surface area (TPSA) is 86.5 Å². The van der Waals surface area contributed by atoms with E-state index in [-0.39, 0.29) is 5.95 Å². The van der Waals surface area contributed by atoms with Crippen LogP contribution in [0.2, 0.25) is 10.0 Å². The molecule has 1 aromatic heterocycles. The fourth-order valence-electron chi connectivity index (χ4n) is 1.94. The van der Waals surface area contributed by atoms with E-state index in [4.69, 9.17) is 28.5 Å². The second-order valence-electron chi connectivity index (χ2n) is 4.73. The lowest BCUT2D eigenvalue weighted by atomic mass is 10.2. The number of benzene rings is 2. The summed E-state index contributed by atoms with van der Waals surface area (Å²) in [4.78, 5) is 4.31. The van der Waals surface area contributed by atoms with Gasteiger partial charge >= 0.3 is 0 Å². The molecule has 8 heteroatoms. The average molecular weight is 357 g/mol. The second-order valence-corrected chi connectivity index (χ2v) is 5.58. The van der Waals surface area contributed by atoms with Crippen molar-refractivity contribution in [3.05, 3.63) is 64.3 Å². The highest BCUT2D eigenvalue weighted by molar-refractivity contribution is 6.36. The predicted octanol–water partition coefficient (Wildman–Crippen LogP) is 4.54. The van der Waals surface area contributed by atoms with Crippen LogP contribution >= 0.6 is 23.2 Å². The Morgan fingerprint density at radius 1 is 1.04 bits per heavy atom. The molecule has 3 aromatic rings. The molecule has 0 unspecified atom stereocenters. The molecule has 0 bridgehead atoms. The maximum Gasteiger partial charge on any atom is 0.249 e. The van der Waals surface area contributed by atoms with Crippen molar-refractivity contribution in [3.8, 4) is 6.07 Å². The maximum atomic E-state index is 8.93. The van der Waals surface area contributed by atoms with Crippen LogP contribution in [0, 0.1) is 11.3 Å². The minimum Gasteiger partial charge on any atom is -0.339 e. The van der Waals surface area contributed by atoms with Crippen molar-refractivity contribution in [2.75, 3.05) is 10.6 Å². The number of hydrogen-bond donors (Lipinski definition) is 2. The molecule has 24 heavy (non-hydrogen) atoms. The first-order valence-electron chi connectivity index (χ1n) is 6.83. The van der Waals surface area contributed by atoms with Crippen molar-refractivity contribution in [2.24, 2.45) is 0 Å². The number of nitrogens with zero attached hydrogens (tertiary/aromatic N) is 4. The minimum atomic E-state index is 0.278. The third-order valence-electron chi connectivity index (χ3n) is 3.00. The van der Waals surface area contributed by atoms with Gasteiger partial charge < -0.3 is 10.6 Å². The highest BCUT2D eigenvalue weighted by Gasteiger charge is 2.06. The highest BCUT2D eigenvalue weighted by Crippen LogP contribution is 2.27. The van der Waals surface area contributed by atoms with E-state index in [1.165, 1.54) is 6.20 Å². The Labute approximate surface area is 148 Å². The van der Waals surface area contributed by atoms with Crippen LogP contribution in [0.1, 0.15) is 5.56 Å². The van der Waals surface area contributed by atoms with Gasteiger partial charge in [0.25, 0.3) is 0 Å². The van der Waals surface area contributed by atoms with Crippen molar-refractivity contribution in [1.29, 1.82) is 5.26 Å². The van der Waals surface area contributed by atoms with Gasteiger partial charge in [-0.15, -0.1) is 5.10 Å². The van der Waals surface area contributed by atoms with Crippen molar-refractivity contribution < 1.29 is 0 Å². The Morgan fingerprint density at radius 2 is 1.92 bits per heavy atom. The van der Waals surface area contributed by atoms with Crippen LogP contribution in [0.4, 0.5) is 23.1 Å². The molecule has 118 valence electrons. The van der Waals surface area contributed by atoms with E-state index < -0.39 is 0 Å². The summed E-state index contributed by atoms with van der Waals surface area (Å²) in [7, 11) is 0. The predicted molar refractivity (Wildman–Crippen MR) is 94.0 cm³/mol. The van der Waals surface area contributed by atoms with Gasteiger partial charge in [0, 0.05) is 10.7 Å². The number of anilines is 4. The summed E-state index contributed by atoms with van der Waals surface area (Å²) in [5, 5.41) is 23.8. The van der Waals surface area contributed by atoms with Gasteiger partial charge in [0.2, 0.25) is 5.95 Å². The average Bonchev–Trinajstić information content (AvgIpc) is 2.58. The van der Waals surface area contributed by atoms with Gasteiger partial charge in [0.15, 0.2) is 5.82 Å². The zero-order valence-electron chi connectivity index (χ0n) is 12.2. The number of nitrogens with one attached hydrogen (secondary N) is 2. The van der Waals surface area contributed by atoms with E-state index >= 15 is 0 Å². The highest BCUT2D eigenvalue weighted by atomic mass is 35.5. The fraction of sp³-hybridized carbons (Fsp3) is 0. The molecule has 0 aliphatic rings. The Morgan fingerprint density at radius 3 is 2.71 bits per heavy atom. The van der Waals surface area contributed by atoms with Gasteiger partial charge in [-0.05, 0) is 36.4 Å².